The molecule has 2 aromatic heterocycles. The zero-order chi connectivity index (χ0) is 15.8. The van der Waals surface area contributed by atoms with Gasteiger partial charge in [-0.15, -0.1) is 5.10 Å². The normalized spacial score (nSPS) is 18.0. The number of fused-ring (bicyclic) bond motifs is 1. The first-order chi connectivity index (χ1) is 11.2. The molecule has 1 atom stereocenters. The van der Waals surface area contributed by atoms with E-state index in [0.717, 1.165) is 27.9 Å². The number of thioether (sulfide) groups is 1. The Bertz CT molecular complexity index is 872. The van der Waals surface area contributed by atoms with Crippen LogP contribution in [0.15, 0.2) is 47.9 Å². The summed E-state index contributed by atoms with van der Waals surface area (Å²) < 4.78 is 1.71. The molecular formula is C16H15N5OS. The topological polar surface area (TPSA) is 63.9 Å². The number of anilines is 1. The summed E-state index contributed by atoms with van der Waals surface area (Å²) in [6.45, 7) is 0.709. The molecule has 3 aromatic rings. The molecule has 6 nitrogen and oxygen atoms in total. The van der Waals surface area contributed by atoms with Crippen molar-refractivity contribution in [3.05, 3.63) is 42.9 Å². The van der Waals surface area contributed by atoms with Gasteiger partial charge in [0.25, 0.3) is 0 Å². The minimum Gasteiger partial charge on any atom is -0.308 e. The van der Waals surface area contributed by atoms with Gasteiger partial charge in [0.05, 0.1) is 23.3 Å². The summed E-state index contributed by atoms with van der Waals surface area (Å²) in [6.07, 6.45) is 6.13. The molecule has 0 saturated carbocycles. The lowest BCUT2D eigenvalue weighted by molar-refractivity contribution is -0.116. The van der Waals surface area contributed by atoms with Gasteiger partial charge in [-0.3, -0.25) is 9.48 Å². The van der Waals surface area contributed by atoms with Crippen molar-refractivity contribution in [3.8, 4) is 0 Å². The van der Waals surface area contributed by atoms with E-state index < -0.39 is 0 Å². The van der Waals surface area contributed by atoms with Crippen molar-refractivity contribution in [1.82, 2.24) is 20.0 Å². The number of benzene rings is 1. The van der Waals surface area contributed by atoms with Gasteiger partial charge in [0.15, 0.2) is 0 Å². The number of aromatic nitrogens is 4. The van der Waals surface area contributed by atoms with E-state index in [2.05, 4.69) is 15.3 Å². The predicted molar refractivity (Wildman–Crippen MR) is 89.4 cm³/mol. The first kappa shape index (κ1) is 14.2. The Kier molecular flexibility index (Phi) is 3.49. The number of amides is 1. The van der Waals surface area contributed by atoms with Crippen LogP contribution in [-0.2, 0) is 11.8 Å². The van der Waals surface area contributed by atoms with Crippen LogP contribution in [0.25, 0.3) is 10.8 Å². The maximum atomic E-state index is 12.7. The minimum atomic E-state index is -0.129. The van der Waals surface area contributed by atoms with E-state index in [1.165, 1.54) is 11.8 Å². The van der Waals surface area contributed by atoms with Crippen molar-refractivity contribution in [3.63, 3.8) is 0 Å². The molecule has 1 aromatic carbocycles. The predicted octanol–water partition coefficient (Wildman–Crippen LogP) is 2.26. The molecule has 0 bridgehead atoms. The van der Waals surface area contributed by atoms with Crippen LogP contribution in [0.1, 0.15) is 6.42 Å². The minimum absolute atomic E-state index is 0.109. The average molecular weight is 325 g/mol. The van der Waals surface area contributed by atoms with Crippen LogP contribution in [0.3, 0.4) is 0 Å². The van der Waals surface area contributed by atoms with Gasteiger partial charge >= 0.3 is 0 Å². The lowest BCUT2D eigenvalue weighted by Crippen LogP contribution is -2.27. The molecule has 7 heteroatoms. The number of carbonyl (C=O) groups is 1. The third-order valence-electron chi connectivity index (χ3n) is 3.95. The van der Waals surface area contributed by atoms with Crippen LogP contribution in [0.2, 0.25) is 0 Å². The lowest BCUT2D eigenvalue weighted by atomic mass is 10.2. The van der Waals surface area contributed by atoms with Crippen LogP contribution >= 0.6 is 11.8 Å². The third kappa shape index (κ3) is 2.57. The van der Waals surface area contributed by atoms with Crippen LogP contribution < -0.4 is 4.90 Å². The average Bonchev–Trinajstić information content (AvgIpc) is 3.14. The molecule has 0 radical (unpaired) electrons. The molecule has 1 saturated heterocycles. The maximum Gasteiger partial charge on any atom is 0.240 e. The second kappa shape index (κ2) is 5.66. The highest BCUT2D eigenvalue weighted by molar-refractivity contribution is 8.00. The summed E-state index contributed by atoms with van der Waals surface area (Å²) in [6, 6.07) is 7.98. The smallest absolute Gasteiger partial charge is 0.240 e. The largest absolute Gasteiger partial charge is 0.308 e. The summed E-state index contributed by atoms with van der Waals surface area (Å²) in [5.74, 6) is 0.109. The third-order valence-corrected chi connectivity index (χ3v) is 5.20. The standard InChI is InChI=1S/C16H15N5OS/c1-20-10-12(9-18-20)21-7-6-14(16(21)22)23-15-13-5-3-2-4-11(13)8-17-19-15/h2-5,8-10,14H,6-7H2,1H3/t14-/m0/s1. The number of rotatable bonds is 3. The number of nitrogens with zero attached hydrogens (tertiary/aromatic N) is 5. The van der Waals surface area contributed by atoms with Crippen molar-refractivity contribution in [2.75, 3.05) is 11.4 Å². The number of aryl methyl sites for hydroxylation is 1. The van der Waals surface area contributed by atoms with Crippen LogP contribution in [0.5, 0.6) is 0 Å². The van der Waals surface area contributed by atoms with Gasteiger partial charge in [0.2, 0.25) is 5.91 Å². The zero-order valence-corrected chi connectivity index (χ0v) is 13.4. The summed E-state index contributed by atoms with van der Waals surface area (Å²) in [7, 11) is 1.85. The lowest BCUT2D eigenvalue weighted by Gasteiger charge is -2.14. The van der Waals surface area contributed by atoms with E-state index in [-0.39, 0.29) is 11.2 Å². The summed E-state index contributed by atoms with van der Waals surface area (Å²) in [5, 5.41) is 15.2. The Morgan fingerprint density at radius 1 is 1.26 bits per heavy atom. The van der Waals surface area contributed by atoms with Crippen LogP contribution in [-0.4, -0.2) is 37.7 Å². The molecule has 1 amide bonds. The second-order valence-electron chi connectivity index (χ2n) is 5.49. The molecule has 4 rings (SSSR count). The van der Waals surface area contributed by atoms with Crippen molar-refractivity contribution >= 4 is 34.1 Å². The van der Waals surface area contributed by atoms with E-state index in [0.29, 0.717) is 6.54 Å². The molecule has 1 aliphatic heterocycles. The molecule has 1 aliphatic rings. The Morgan fingerprint density at radius 3 is 2.96 bits per heavy atom. The van der Waals surface area contributed by atoms with Gasteiger partial charge in [-0.05, 0) is 6.42 Å². The van der Waals surface area contributed by atoms with Gasteiger partial charge in [-0.2, -0.15) is 10.2 Å². The summed E-state index contributed by atoms with van der Waals surface area (Å²) in [4.78, 5) is 14.5. The van der Waals surface area contributed by atoms with Gasteiger partial charge in [0, 0.05) is 30.6 Å². The Morgan fingerprint density at radius 2 is 2.13 bits per heavy atom. The second-order valence-corrected chi connectivity index (χ2v) is 6.69. The Hall–Kier alpha value is -2.41. The van der Waals surface area contributed by atoms with Gasteiger partial charge in [-0.1, -0.05) is 36.0 Å². The molecule has 0 spiro atoms. The zero-order valence-electron chi connectivity index (χ0n) is 12.6. The SMILES string of the molecule is Cn1cc(N2CC[C@H](Sc3nncc4ccccc34)C2=O)cn1. The fraction of sp³-hybridized carbons (Fsp3) is 0.250. The highest BCUT2D eigenvalue weighted by Crippen LogP contribution is 2.34. The quantitative estimate of drug-likeness (QED) is 0.739. The molecule has 0 aliphatic carbocycles. The Labute approximate surface area is 137 Å². The number of hydrogen-bond donors (Lipinski definition) is 0. The molecule has 0 N–H and O–H groups in total. The van der Waals surface area contributed by atoms with E-state index in [9.17, 15) is 4.79 Å². The number of hydrogen-bond acceptors (Lipinski definition) is 5. The van der Waals surface area contributed by atoms with Crippen molar-refractivity contribution in [2.24, 2.45) is 7.05 Å². The fourth-order valence-corrected chi connectivity index (χ4v) is 3.92. The Balaban J connectivity index is 1.59. The molecule has 0 unspecified atom stereocenters. The van der Waals surface area contributed by atoms with Crippen LogP contribution in [0.4, 0.5) is 5.69 Å². The van der Waals surface area contributed by atoms with E-state index in [1.807, 2.05) is 37.5 Å². The van der Waals surface area contributed by atoms with Gasteiger partial charge in [0.1, 0.15) is 5.03 Å². The highest BCUT2D eigenvalue weighted by Gasteiger charge is 2.34. The molecule has 116 valence electrons. The monoisotopic (exact) mass is 325 g/mol. The maximum absolute atomic E-state index is 12.7. The molecular weight excluding hydrogens is 310 g/mol. The van der Waals surface area contributed by atoms with Crippen molar-refractivity contribution < 1.29 is 4.79 Å². The van der Waals surface area contributed by atoms with Crippen LogP contribution in [0, 0.1) is 0 Å². The first-order valence-corrected chi connectivity index (χ1v) is 8.27. The van der Waals surface area contributed by atoms with E-state index in [1.54, 1.807) is 22.0 Å². The van der Waals surface area contributed by atoms with E-state index >= 15 is 0 Å². The first-order valence-electron chi connectivity index (χ1n) is 7.39. The van der Waals surface area contributed by atoms with Crippen molar-refractivity contribution in [1.29, 1.82) is 0 Å². The molecule has 3 heterocycles. The molecule has 23 heavy (non-hydrogen) atoms. The summed E-state index contributed by atoms with van der Waals surface area (Å²) >= 11 is 1.50. The highest BCUT2D eigenvalue weighted by atomic mass is 32.2. The van der Waals surface area contributed by atoms with Crippen molar-refractivity contribution in [2.45, 2.75) is 16.7 Å². The van der Waals surface area contributed by atoms with Gasteiger partial charge in [-0.25, -0.2) is 0 Å². The fourth-order valence-electron chi connectivity index (χ4n) is 2.79. The molecule has 1 fully saturated rings. The summed E-state index contributed by atoms with van der Waals surface area (Å²) in [5.41, 5.74) is 0.851. The number of carbonyl (C=O) groups excluding carboxylic acids is 1. The van der Waals surface area contributed by atoms with Gasteiger partial charge < -0.3 is 4.90 Å². The van der Waals surface area contributed by atoms with E-state index in [4.69, 9.17) is 0 Å².